The van der Waals surface area contributed by atoms with Gasteiger partial charge in [0.15, 0.2) is 12.4 Å². The Morgan fingerprint density at radius 1 is 1.23 bits per heavy atom. The summed E-state index contributed by atoms with van der Waals surface area (Å²) in [5, 5.41) is 17.5. The third kappa shape index (κ3) is 5.06. The van der Waals surface area contributed by atoms with E-state index in [0.717, 1.165) is 18.2 Å². The number of anilines is 1. The summed E-state index contributed by atoms with van der Waals surface area (Å²) in [4.78, 5) is 22.7. The van der Waals surface area contributed by atoms with Crippen LogP contribution in [0.15, 0.2) is 54.7 Å². The van der Waals surface area contributed by atoms with Crippen molar-refractivity contribution in [3.63, 3.8) is 0 Å². The van der Waals surface area contributed by atoms with Crippen molar-refractivity contribution in [1.29, 1.82) is 0 Å². The van der Waals surface area contributed by atoms with Crippen LogP contribution in [0.5, 0.6) is 5.75 Å². The van der Waals surface area contributed by atoms with Gasteiger partial charge >= 0.3 is 6.18 Å². The minimum Gasteiger partial charge on any atom is -0.471 e. The van der Waals surface area contributed by atoms with Crippen LogP contribution in [0.1, 0.15) is 16.1 Å². The molecule has 12 heteroatoms. The number of hydrogen-bond donors (Lipinski definition) is 1. The van der Waals surface area contributed by atoms with Crippen molar-refractivity contribution >= 4 is 28.9 Å². The second kappa shape index (κ2) is 8.41. The van der Waals surface area contributed by atoms with E-state index in [2.05, 4.69) is 10.4 Å². The molecule has 0 aliphatic rings. The molecule has 0 radical (unpaired) electrons. The van der Waals surface area contributed by atoms with Crippen LogP contribution in [0.2, 0.25) is 5.02 Å². The summed E-state index contributed by atoms with van der Waals surface area (Å²) in [6.07, 6.45) is -3.13. The van der Waals surface area contributed by atoms with Crippen LogP contribution in [-0.4, -0.2) is 20.6 Å². The number of carbonyl (C=O) groups excluding carboxylic acids is 1. The minimum absolute atomic E-state index is 0.0249. The summed E-state index contributed by atoms with van der Waals surface area (Å²) in [5.74, 6) is -0.749. The highest BCUT2D eigenvalue weighted by molar-refractivity contribution is 6.31. The Labute approximate surface area is 172 Å². The molecule has 3 rings (SSSR count). The molecule has 8 nitrogen and oxygen atoms in total. The number of hydrogen-bond acceptors (Lipinski definition) is 5. The van der Waals surface area contributed by atoms with Gasteiger partial charge in [0, 0.05) is 17.3 Å². The lowest BCUT2D eigenvalue weighted by Gasteiger charge is -2.10. The maximum atomic E-state index is 12.7. The number of carbonyl (C=O) groups is 1. The third-order valence-corrected chi connectivity index (χ3v) is 4.04. The van der Waals surface area contributed by atoms with Crippen LogP contribution in [0.25, 0.3) is 0 Å². The lowest BCUT2D eigenvalue weighted by atomic mass is 10.2. The molecule has 0 atom stereocenters. The van der Waals surface area contributed by atoms with Crippen molar-refractivity contribution in [3.8, 4) is 5.75 Å². The highest BCUT2D eigenvalue weighted by Crippen LogP contribution is 2.31. The summed E-state index contributed by atoms with van der Waals surface area (Å²) in [7, 11) is 0. The number of nitro groups is 1. The van der Waals surface area contributed by atoms with Crippen LogP contribution < -0.4 is 10.1 Å². The summed E-state index contributed by atoms with van der Waals surface area (Å²) in [5.41, 5.74) is -1.38. The molecule has 30 heavy (non-hydrogen) atoms. The maximum Gasteiger partial charge on any atom is 0.416 e. The van der Waals surface area contributed by atoms with Crippen LogP contribution in [0.4, 0.5) is 24.5 Å². The normalized spacial score (nSPS) is 11.2. The highest BCUT2D eigenvalue weighted by atomic mass is 35.5. The Kier molecular flexibility index (Phi) is 5.92. The largest absolute Gasteiger partial charge is 0.471 e. The van der Waals surface area contributed by atoms with Gasteiger partial charge in [-0.25, -0.2) is 4.68 Å². The minimum atomic E-state index is -4.50. The number of amides is 1. The number of nitrogens with one attached hydrogen (secondary N) is 1. The van der Waals surface area contributed by atoms with Gasteiger partial charge in [0.2, 0.25) is 0 Å². The smallest absolute Gasteiger partial charge is 0.416 e. The zero-order valence-electron chi connectivity index (χ0n) is 14.9. The molecule has 0 aliphatic heterocycles. The lowest BCUT2D eigenvalue weighted by molar-refractivity contribution is -0.383. The monoisotopic (exact) mass is 440 g/mol. The quantitative estimate of drug-likeness (QED) is 0.440. The topological polar surface area (TPSA) is 99.3 Å². The van der Waals surface area contributed by atoms with E-state index in [1.807, 2.05) is 0 Å². The molecule has 1 amide bonds. The summed E-state index contributed by atoms with van der Waals surface area (Å²) in [6, 6.07) is 9.41. The SMILES string of the molecule is O=C(Nc1ccc(Cl)cc1[N+](=O)[O-])c1ccn(COc2cccc(C(F)(F)F)c2)n1. The second-order valence-electron chi connectivity index (χ2n) is 5.91. The van der Waals surface area contributed by atoms with Crippen LogP contribution in [-0.2, 0) is 12.9 Å². The Balaban J connectivity index is 1.67. The Morgan fingerprint density at radius 3 is 2.70 bits per heavy atom. The predicted molar refractivity (Wildman–Crippen MR) is 100 cm³/mol. The first-order valence-electron chi connectivity index (χ1n) is 8.22. The molecular formula is C18H12ClF3N4O4. The molecule has 0 spiro atoms. The van der Waals surface area contributed by atoms with Gasteiger partial charge < -0.3 is 10.1 Å². The molecule has 0 unspecified atom stereocenters. The van der Waals surface area contributed by atoms with E-state index in [9.17, 15) is 28.1 Å². The number of benzene rings is 2. The fourth-order valence-corrected chi connectivity index (χ4v) is 2.57. The third-order valence-electron chi connectivity index (χ3n) is 3.80. The average molecular weight is 441 g/mol. The average Bonchev–Trinajstić information content (AvgIpc) is 3.16. The fraction of sp³-hybridized carbons (Fsp3) is 0.111. The Morgan fingerprint density at radius 2 is 2.00 bits per heavy atom. The van der Waals surface area contributed by atoms with Crippen molar-refractivity contribution < 1.29 is 27.6 Å². The van der Waals surface area contributed by atoms with Gasteiger partial charge in [-0.15, -0.1) is 0 Å². The van der Waals surface area contributed by atoms with Crippen molar-refractivity contribution in [3.05, 3.63) is 81.1 Å². The molecule has 3 aromatic rings. The van der Waals surface area contributed by atoms with E-state index >= 15 is 0 Å². The number of rotatable bonds is 6. The van der Waals surface area contributed by atoms with Crippen molar-refractivity contribution in [2.75, 3.05) is 5.32 Å². The Hall–Kier alpha value is -3.60. The molecule has 2 aromatic carbocycles. The molecular weight excluding hydrogens is 429 g/mol. The zero-order valence-corrected chi connectivity index (χ0v) is 15.6. The van der Waals surface area contributed by atoms with Gasteiger partial charge in [-0.05, 0) is 36.4 Å². The van der Waals surface area contributed by atoms with Gasteiger partial charge in [0.25, 0.3) is 11.6 Å². The number of ether oxygens (including phenoxy) is 1. The predicted octanol–water partition coefficient (Wildman–Crippen LogP) is 4.75. The van der Waals surface area contributed by atoms with E-state index in [-0.39, 0.29) is 34.6 Å². The number of halogens is 4. The number of aromatic nitrogens is 2. The molecule has 1 N–H and O–H groups in total. The molecule has 1 aromatic heterocycles. The second-order valence-corrected chi connectivity index (χ2v) is 6.35. The van der Waals surface area contributed by atoms with E-state index < -0.39 is 22.6 Å². The zero-order chi connectivity index (χ0) is 21.9. The van der Waals surface area contributed by atoms with Gasteiger partial charge in [0.05, 0.1) is 10.5 Å². The maximum absolute atomic E-state index is 12.7. The lowest BCUT2D eigenvalue weighted by Crippen LogP contribution is -2.15. The van der Waals surface area contributed by atoms with Gasteiger partial charge in [-0.2, -0.15) is 18.3 Å². The first-order valence-corrected chi connectivity index (χ1v) is 8.60. The van der Waals surface area contributed by atoms with E-state index in [0.29, 0.717) is 0 Å². The number of alkyl halides is 3. The van der Waals surface area contributed by atoms with Crippen molar-refractivity contribution in [1.82, 2.24) is 9.78 Å². The van der Waals surface area contributed by atoms with Crippen LogP contribution in [0, 0.1) is 10.1 Å². The van der Waals surface area contributed by atoms with Crippen molar-refractivity contribution in [2.45, 2.75) is 12.9 Å². The van der Waals surface area contributed by atoms with Gasteiger partial charge in [0.1, 0.15) is 11.4 Å². The standard InChI is InChI=1S/C18H12ClF3N4O4/c19-12-4-5-14(16(9-12)26(28)29)23-17(27)15-6-7-25(24-15)10-30-13-3-1-2-11(8-13)18(20,21)22/h1-9H,10H2,(H,23,27). The van der Waals surface area contributed by atoms with Gasteiger partial charge in [-0.1, -0.05) is 17.7 Å². The van der Waals surface area contributed by atoms with E-state index in [1.165, 1.54) is 41.2 Å². The molecule has 0 saturated carbocycles. The first kappa shape index (κ1) is 21.1. The van der Waals surface area contributed by atoms with E-state index in [1.54, 1.807) is 0 Å². The first-order chi connectivity index (χ1) is 14.1. The Bertz CT molecular complexity index is 1100. The van der Waals surface area contributed by atoms with Gasteiger partial charge in [-0.3, -0.25) is 14.9 Å². The molecule has 0 saturated heterocycles. The molecule has 156 valence electrons. The van der Waals surface area contributed by atoms with Crippen LogP contribution in [0.3, 0.4) is 0 Å². The molecule has 0 fully saturated rings. The fourth-order valence-electron chi connectivity index (χ4n) is 2.41. The summed E-state index contributed by atoms with van der Waals surface area (Å²) >= 11 is 5.73. The van der Waals surface area contributed by atoms with Crippen molar-refractivity contribution in [2.24, 2.45) is 0 Å². The summed E-state index contributed by atoms with van der Waals surface area (Å²) < 4.78 is 44.7. The molecule has 1 heterocycles. The van der Waals surface area contributed by atoms with Crippen LogP contribution >= 0.6 is 11.6 Å². The van der Waals surface area contributed by atoms with E-state index in [4.69, 9.17) is 16.3 Å². The molecule has 0 bridgehead atoms. The number of nitro benzene ring substituents is 1. The number of nitrogens with zero attached hydrogens (tertiary/aromatic N) is 3. The summed E-state index contributed by atoms with van der Waals surface area (Å²) in [6.45, 7) is -0.254. The molecule has 0 aliphatic carbocycles. The highest BCUT2D eigenvalue weighted by Gasteiger charge is 2.30.